The zero-order chi connectivity index (χ0) is 22.9. The fraction of sp³-hybridized carbons (Fsp3) is 0.500. The van der Waals surface area contributed by atoms with Gasteiger partial charge in [-0.05, 0) is 49.1 Å². The summed E-state index contributed by atoms with van der Waals surface area (Å²) in [7, 11) is 1.83. The van der Waals surface area contributed by atoms with Gasteiger partial charge in [0.1, 0.15) is 0 Å². The summed E-state index contributed by atoms with van der Waals surface area (Å²) in [6, 6.07) is 6.28. The fourth-order valence-electron chi connectivity index (χ4n) is 4.79. The highest BCUT2D eigenvalue weighted by molar-refractivity contribution is 5.96. The van der Waals surface area contributed by atoms with Crippen LogP contribution in [0.5, 0.6) is 0 Å². The van der Waals surface area contributed by atoms with Crippen LogP contribution >= 0.6 is 0 Å². The highest BCUT2D eigenvalue weighted by atomic mass is 16.2. The average Bonchev–Trinajstić information content (AvgIpc) is 3.17. The molecule has 1 atom stereocenters. The Kier molecular flexibility index (Phi) is 5.71. The van der Waals surface area contributed by atoms with Crippen LogP contribution in [0.1, 0.15) is 34.5 Å². The number of primary amides is 1. The summed E-state index contributed by atoms with van der Waals surface area (Å²) in [6.45, 7) is 4.65. The van der Waals surface area contributed by atoms with Gasteiger partial charge in [-0.15, -0.1) is 10.2 Å². The highest BCUT2D eigenvalue weighted by Gasteiger charge is 2.35. The molecule has 3 amide bonds. The molecule has 2 fully saturated rings. The van der Waals surface area contributed by atoms with Gasteiger partial charge in [-0.25, -0.2) is 4.79 Å². The van der Waals surface area contributed by atoms with Crippen molar-refractivity contribution in [3.05, 3.63) is 35.0 Å². The van der Waals surface area contributed by atoms with Gasteiger partial charge in [0, 0.05) is 45.5 Å². The van der Waals surface area contributed by atoms with Crippen molar-refractivity contribution in [2.45, 2.75) is 31.8 Å². The first-order chi connectivity index (χ1) is 16.0. The predicted molar refractivity (Wildman–Crippen MR) is 123 cm³/mol. The molecule has 0 bridgehead atoms. The molecule has 0 saturated carbocycles. The molecule has 4 N–H and O–H groups in total. The monoisotopic (exact) mass is 451 g/mol. The standard InChI is InChI=1S/C22H29N9O2/c1-29-9-10-31(22(29)33)17-3-2-8-30(13-17)21-26-20(18(19(23)32)27-28-21)25-16-5-4-15-12-24-7-6-14(15)11-16/h4-5,11,17,24H,2-3,6-10,12-13H2,1H3,(H2,23,32)(H,25,26,28). The smallest absolute Gasteiger partial charge is 0.320 e. The van der Waals surface area contributed by atoms with Gasteiger partial charge in [0.2, 0.25) is 5.95 Å². The number of nitrogens with zero attached hydrogens (tertiary/aromatic N) is 6. The van der Waals surface area contributed by atoms with Crippen LogP contribution in [0.4, 0.5) is 22.2 Å². The van der Waals surface area contributed by atoms with Gasteiger partial charge in [-0.2, -0.15) is 4.98 Å². The number of nitrogens with one attached hydrogen (secondary N) is 2. The third-order valence-electron chi connectivity index (χ3n) is 6.63. The Balaban J connectivity index is 1.38. The average molecular weight is 452 g/mol. The van der Waals surface area contributed by atoms with Crippen molar-refractivity contribution in [2.24, 2.45) is 5.73 Å². The maximum absolute atomic E-state index is 12.5. The molecule has 1 aromatic carbocycles. The van der Waals surface area contributed by atoms with E-state index < -0.39 is 5.91 Å². The second-order valence-corrected chi connectivity index (χ2v) is 8.85. The van der Waals surface area contributed by atoms with Gasteiger partial charge in [0.15, 0.2) is 11.5 Å². The number of rotatable bonds is 5. The number of carbonyl (C=O) groups is 2. The zero-order valence-corrected chi connectivity index (χ0v) is 18.8. The summed E-state index contributed by atoms with van der Waals surface area (Å²) in [5, 5.41) is 14.9. The fourth-order valence-corrected chi connectivity index (χ4v) is 4.79. The minimum Gasteiger partial charge on any atom is -0.364 e. The number of anilines is 3. The summed E-state index contributed by atoms with van der Waals surface area (Å²) in [4.78, 5) is 34.8. The molecule has 0 spiro atoms. The van der Waals surface area contributed by atoms with Crippen LogP contribution in [0, 0.1) is 0 Å². The largest absolute Gasteiger partial charge is 0.364 e. The van der Waals surface area contributed by atoms with Crippen LogP contribution in [-0.2, 0) is 13.0 Å². The van der Waals surface area contributed by atoms with E-state index in [1.54, 1.807) is 4.90 Å². The molecule has 4 heterocycles. The summed E-state index contributed by atoms with van der Waals surface area (Å²) in [5.74, 6) is 0.0308. The molecule has 11 nitrogen and oxygen atoms in total. The van der Waals surface area contributed by atoms with Crippen molar-refractivity contribution in [1.29, 1.82) is 0 Å². The lowest BCUT2D eigenvalue weighted by Crippen LogP contribution is -2.49. The van der Waals surface area contributed by atoms with Crippen LogP contribution in [-0.4, -0.2) is 82.7 Å². The van der Waals surface area contributed by atoms with Crippen molar-refractivity contribution in [3.8, 4) is 0 Å². The van der Waals surface area contributed by atoms with E-state index in [4.69, 9.17) is 5.73 Å². The molecule has 11 heteroatoms. The predicted octanol–water partition coefficient (Wildman–Crippen LogP) is 0.696. The number of hydrogen-bond acceptors (Lipinski definition) is 8. The van der Waals surface area contributed by atoms with Gasteiger partial charge in [0.25, 0.3) is 5.91 Å². The Morgan fingerprint density at radius 3 is 2.88 bits per heavy atom. The van der Waals surface area contributed by atoms with E-state index in [0.717, 1.165) is 57.7 Å². The topological polar surface area (TPSA) is 133 Å². The Bertz CT molecular complexity index is 1080. The molecule has 1 unspecified atom stereocenters. The van der Waals surface area contributed by atoms with Crippen LogP contribution in [0.15, 0.2) is 18.2 Å². The number of hydrogen-bond donors (Lipinski definition) is 3. The number of likely N-dealkylation sites (N-methyl/N-ethyl adjacent to an activating group) is 1. The quantitative estimate of drug-likeness (QED) is 0.605. The number of fused-ring (bicyclic) bond motifs is 1. The Morgan fingerprint density at radius 2 is 2.09 bits per heavy atom. The molecular weight excluding hydrogens is 422 g/mol. The summed E-state index contributed by atoms with van der Waals surface area (Å²) in [6.07, 6.45) is 2.80. The van der Waals surface area contributed by atoms with E-state index in [2.05, 4.69) is 37.9 Å². The number of amides is 3. The van der Waals surface area contributed by atoms with Crippen molar-refractivity contribution < 1.29 is 9.59 Å². The highest BCUT2D eigenvalue weighted by Crippen LogP contribution is 2.26. The molecule has 5 rings (SSSR count). The lowest BCUT2D eigenvalue weighted by molar-refractivity contribution is 0.0995. The van der Waals surface area contributed by atoms with Crippen LogP contribution in [0.3, 0.4) is 0 Å². The van der Waals surface area contributed by atoms with Crippen molar-refractivity contribution in [2.75, 3.05) is 50.0 Å². The second kappa shape index (κ2) is 8.81. The Hall–Kier alpha value is -3.47. The molecule has 3 aliphatic rings. The van der Waals surface area contributed by atoms with Crippen LogP contribution < -0.4 is 21.3 Å². The first kappa shape index (κ1) is 21.4. The van der Waals surface area contributed by atoms with Gasteiger partial charge >= 0.3 is 6.03 Å². The van der Waals surface area contributed by atoms with Crippen LogP contribution in [0.2, 0.25) is 0 Å². The minimum atomic E-state index is -0.687. The number of piperidine rings is 1. The SMILES string of the molecule is CN1CCN(C2CCCN(c3nnc(C(N)=O)c(Nc4ccc5c(c4)CCNC5)n3)C2)C1=O. The van der Waals surface area contributed by atoms with E-state index in [-0.39, 0.29) is 17.8 Å². The van der Waals surface area contributed by atoms with E-state index in [1.807, 2.05) is 22.9 Å². The summed E-state index contributed by atoms with van der Waals surface area (Å²) in [5.41, 5.74) is 8.91. The van der Waals surface area contributed by atoms with Gasteiger partial charge in [-0.1, -0.05) is 6.07 Å². The summed E-state index contributed by atoms with van der Waals surface area (Å²) < 4.78 is 0. The molecule has 0 radical (unpaired) electrons. The lowest BCUT2D eigenvalue weighted by atomic mass is 10.0. The minimum absolute atomic E-state index is 0.00282. The lowest BCUT2D eigenvalue weighted by Gasteiger charge is -2.37. The maximum Gasteiger partial charge on any atom is 0.320 e. The number of carbonyl (C=O) groups excluding carboxylic acids is 2. The van der Waals surface area contributed by atoms with E-state index in [0.29, 0.717) is 18.3 Å². The first-order valence-electron chi connectivity index (χ1n) is 11.4. The molecule has 1 aromatic heterocycles. The zero-order valence-electron chi connectivity index (χ0n) is 18.8. The van der Waals surface area contributed by atoms with Crippen molar-refractivity contribution >= 4 is 29.4 Å². The Morgan fingerprint density at radius 1 is 1.21 bits per heavy atom. The third-order valence-corrected chi connectivity index (χ3v) is 6.63. The van der Waals surface area contributed by atoms with Gasteiger partial charge < -0.3 is 31.1 Å². The van der Waals surface area contributed by atoms with Crippen molar-refractivity contribution in [1.82, 2.24) is 30.3 Å². The molecular formula is C22H29N9O2. The maximum atomic E-state index is 12.5. The van der Waals surface area contributed by atoms with Gasteiger partial charge in [0.05, 0.1) is 6.04 Å². The molecule has 2 aromatic rings. The number of aromatic nitrogens is 3. The van der Waals surface area contributed by atoms with Crippen molar-refractivity contribution in [3.63, 3.8) is 0 Å². The number of urea groups is 1. The normalized spacial score (nSPS) is 20.7. The second-order valence-electron chi connectivity index (χ2n) is 8.85. The van der Waals surface area contributed by atoms with E-state index in [9.17, 15) is 9.59 Å². The molecule has 33 heavy (non-hydrogen) atoms. The third kappa shape index (κ3) is 4.28. The molecule has 0 aliphatic carbocycles. The number of benzene rings is 1. The van der Waals surface area contributed by atoms with Crippen LogP contribution in [0.25, 0.3) is 0 Å². The summed E-state index contributed by atoms with van der Waals surface area (Å²) >= 11 is 0. The molecule has 2 saturated heterocycles. The Labute approximate surface area is 192 Å². The molecule has 3 aliphatic heterocycles. The first-order valence-corrected chi connectivity index (χ1v) is 11.4. The van der Waals surface area contributed by atoms with E-state index in [1.165, 1.54) is 11.1 Å². The van der Waals surface area contributed by atoms with Gasteiger partial charge in [-0.3, -0.25) is 4.79 Å². The number of nitrogens with two attached hydrogens (primary N) is 1. The molecule has 174 valence electrons. The van der Waals surface area contributed by atoms with E-state index >= 15 is 0 Å².